The molecule has 0 aromatic carbocycles. The molecular weight excluding hydrogens is 350 g/mol. The maximum Gasteiger partial charge on any atom is 0.240 e. The smallest absolute Gasteiger partial charge is 0.240 e. The molecule has 1 aliphatic carbocycles. The van der Waals surface area contributed by atoms with Crippen LogP contribution in [0.4, 0.5) is 11.6 Å². The first-order valence-electron chi connectivity index (χ1n) is 10.8. The van der Waals surface area contributed by atoms with Crippen molar-refractivity contribution in [3.63, 3.8) is 0 Å². The molecule has 4 rings (SSSR count). The highest BCUT2D eigenvalue weighted by molar-refractivity contribution is 5.62. The van der Waals surface area contributed by atoms with Crippen molar-refractivity contribution in [3.05, 3.63) is 29.3 Å². The average molecular weight is 384 g/mol. The minimum atomic E-state index is 0.713. The van der Waals surface area contributed by atoms with Crippen LogP contribution in [0.25, 0.3) is 0 Å². The fourth-order valence-electron chi connectivity index (χ4n) is 5.10. The van der Waals surface area contributed by atoms with Gasteiger partial charge >= 0.3 is 0 Å². The second kappa shape index (κ2) is 8.93. The second-order valence-electron chi connectivity index (χ2n) is 8.23. The molecular formula is C22H33N5O+2. The molecule has 1 aromatic heterocycles. The number of nitriles is 1. The number of hydrogen-bond donors (Lipinski definition) is 2. The fourth-order valence-corrected chi connectivity index (χ4v) is 5.10. The molecule has 1 aromatic rings. The summed E-state index contributed by atoms with van der Waals surface area (Å²) in [6.07, 6.45) is 9.70. The normalized spacial score (nSPS) is 23.0. The molecule has 0 spiro atoms. The van der Waals surface area contributed by atoms with Crippen molar-refractivity contribution >= 4 is 11.6 Å². The van der Waals surface area contributed by atoms with Crippen molar-refractivity contribution in [2.45, 2.75) is 51.1 Å². The number of nitrogens with one attached hydrogen (secondary N) is 3. The van der Waals surface area contributed by atoms with Gasteiger partial charge in [-0.25, -0.2) is 4.98 Å². The van der Waals surface area contributed by atoms with E-state index in [9.17, 15) is 5.26 Å². The van der Waals surface area contributed by atoms with Gasteiger partial charge in [0.25, 0.3) is 0 Å². The highest BCUT2D eigenvalue weighted by Gasteiger charge is 2.35. The van der Waals surface area contributed by atoms with E-state index in [4.69, 9.17) is 4.74 Å². The minimum Gasteiger partial charge on any atom is -0.375 e. The largest absolute Gasteiger partial charge is 0.375 e. The van der Waals surface area contributed by atoms with Crippen molar-refractivity contribution < 1.29 is 14.6 Å². The van der Waals surface area contributed by atoms with E-state index in [0.717, 1.165) is 62.4 Å². The van der Waals surface area contributed by atoms with Crippen LogP contribution in [0.1, 0.15) is 48.8 Å². The Balaban J connectivity index is 1.69. The number of rotatable bonds is 5. The van der Waals surface area contributed by atoms with E-state index in [0.29, 0.717) is 13.2 Å². The molecule has 1 unspecified atom stereocenters. The molecule has 1 atom stereocenters. The zero-order valence-electron chi connectivity index (χ0n) is 16.9. The molecule has 1 saturated carbocycles. The number of ether oxygens (including phenoxy) is 1. The summed E-state index contributed by atoms with van der Waals surface area (Å²) in [5.41, 5.74) is 3.39. The topological polar surface area (TPSA) is 66.9 Å². The molecule has 3 aliphatic rings. The number of H-pyrrole nitrogens is 1. The first kappa shape index (κ1) is 19.2. The maximum atomic E-state index is 10.0. The number of hydrogen-bond acceptors (Lipinski definition) is 4. The lowest BCUT2D eigenvalue weighted by Crippen LogP contribution is -3.15. The van der Waals surface area contributed by atoms with Crippen molar-refractivity contribution in [1.29, 1.82) is 5.26 Å². The molecule has 1 saturated heterocycles. The van der Waals surface area contributed by atoms with Gasteiger partial charge in [0, 0.05) is 6.42 Å². The molecule has 0 radical (unpaired) electrons. The third-order valence-corrected chi connectivity index (χ3v) is 6.59. The number of nitrogens with zero attached hydrogens (tertiary/aromatic N) is 2. The van der Waals surface area contributed by atoms with Crippen LogP contribution in [-0.4, -0.2) is 45.4 Å². The van der Waals surface area contributed by atoms with Crippen LogP contribution >= 0.6 is 0 Å². The van der Waals surface area contributed by atoms with E-state index in [1.807, 2.05) is 6.08 Å². The lowest BCUT2D eigenvalue weighted by molar-refractivity contribution is -0.942. The van der Waals surface area contributed by atoms with Crippen LogP contribution in [0.3, 0.4) is 0 Å². The van der Waals surface area contributed by atoms with Crippen LogP contribution in [0, 0.1) is 11.3 Å². The van der Waals surface area contributed by atoms with Crippen molar-refractivity contribution in [2.75, 3.05) is 49.6 Å². The summed E-state index contributed by atoms with van der Waals surface area (Å²) in [5.74, 6) is 2.03. The lowest BCUT2D eigenvalue weighted by Gasteiger charge is -2.35. The average Bonchev–Trinajstić information content (AvgIpc) is 2.77. The maximum absolute atomic E-state index is 10.0. The minimum absolute atomic E-state index is 0.713. The highest BCUT2D eigenvalue weighted by atomic mass is 16.5. The molecule has 6 heteroatoms. The van der Waals surface area contributed by atoms with Gasteiger partial charge in [-0.2, -0.15) is 5.26 Å². The quantitative estimate of drug-likeness (QED) is 0.747. The van der Waals surface area contributed by atoms with Crippen LogP contribution in [-0.2, 0) is 17.7 Å². The Hall–Kier alpha value is -2.10. The van der Waals surface area contributed by atoms with Crippen LogP contribution in [0.5, 0.6) is 0 Å². The zero-order valence-corrected chi connectivity index (χ0v) is 16.9. The Morgan fingerprint density at radius 3 is 2.75 bits per heavy atom. The Morgan fingerprint density at radius 1 is 1.25 bits per heavy atom. The van der Waals surface area contributed by atoms with Gasteiger partial charge in [-0.3, -0.25) is 4.90 Å². The summed E-state index contributed by atoms with van der Waals surface area (Å²) in [6, 6.07) is 3.30. The number of anilines is 2. The number of fused-ring (bicyclic) bond motifs is 1. The van der Waals surface area contributed by atoms with E-state index >= 15 is 0 Å². The van der Waals surface area contributed by atoms with Gasteiger partial charge in [0.05, 0.1) is 51.0 Å². The summed E-state index contributed by atoms with van der Waals surface area (Å²) in [6.45, 7) is 9.80. The third-order valence-electron chi connectivity index (χ3n) is 6.59. The second-order valence-corrected chi connectivity index (χ2v) is 8.23. The summed E-state index contributed by atoms with van der Waals surface area (Å²) in [4.78, 5) is 7.56. The van der Waals surface area contributed by atoms with E-state index < -0.39 is 0 Å². The van der Waals surface area contributed by atoms with Crippen molar-refractivity contribution in [3.8, 4) is 6.07 Å². The van der Waals surface area contributed by atoms with Gasteiger partial charge in [-0.15, -0.1) is 0 Å². The van der Waals surface area contributed by atoms with Gasteiger partial charge in [-0.1, -0.05) is 19.1 Å². The SMILES string of the molecule is C=CCNc1[nH+]c(N2CCOCC2)c(C#N)c2c1C[NH+](C1CCCCC1)CC2. The summed E-state index contributed by atoms with van der Waals surface area (Å²) < 4.78 is 5.51. The Bertz CT molecular complexity index is 744. The van der Waals surface area contributed by atoms with Gasteiger partial charge < -0.3 is 15.0 Å². The van der Waals surface area contributed by atoms with Gasteiger partial charge in [-0.05, 0) is 31.2 Å². The Labute approximate surface area is 168 Å². The number of aromatic amines is 1. The van der Waals surface area contributed by atoms with Gasteiger partial charge in [0.1, 0.15) is 18.2 Å². The molecule has 3 heterocycles. The Morgan fingerprint density at radius 2 is 2.04 bits per heavy atom. The number of aromatic nitrogens is 1. The first-order valence-corrected chi connectivity index (χ1v) is 10.8. The van der Waals surface area contributed by atoms with Gasteiger partial charge in [0.15, 0.2) is 0 Å². The predicted molar refractivity (Wildman–Crippen MR) is 110 cm³/mol. The number of morpholine rings is 1. The molecule has 2 aliphatic heterocycles. The molecule has 6 nitrogen and oxygen atoms in total. The van der Waals surface area contributed by atoms with E-state index in [-0.39, 0.29) is 0 Å². The van der Waals surface area contributed by atoms with E-state index in [1.54, 1.807) is 4.90 Å². The molecule has 3 N–H and O–H groups in total. The van der Waals surface area contributed by atoms with Crippen LogP contribution in [0.2, 0.25) is 0 Å². The standard InChI is InChI=1S/C22H31N5O/c1-2-9-24-21-20-16-27(17-6-4-3-5-7-17)10-8-18(20)19(15-23)22(25-21)26-11-13-28-14-12-26/h2,17H,1,3-14,16H2,(H,24,25)/p+2. The molecule has 28 heavy (non-hydrogen) atoms. The zero-order chi connectivity index (χ0) is 19.3. The van der Waals surface area contributed by atoms with Crippen LogP contribution in [0.15, 0.2) is 12.7 Å². The summed E-state index contributed by atoms with van der Waals surface area (Å²) in [5, 5.41) is 13.5. The van der Waals surface area contributed by atoms with Crippen molar-refractivity contribution in [1.82, 2.24) is 0 Å². The van der Waals surface area contributed by atoms with Gasteiger partial charge in [0.2, 0.25) is 11.6 Å². The fraction of sp³-hybridized carbons (Fsp3) is 0.636. The monoisotopic (exact) mass is 383 g/mol. The molecule has 2 fully saturated rings. The molecule has 0 bridgehead atoms. The lowest BCUT2D eigenvalue weighted by atomic mass is 9.90. The van der Waals surface area contributed by atoms with E-state index in [2.05, 4.69) is 27.8 Å². The first-order chi connectivity index (χ1) is 13.8. The molecule has 0 amide bonds. The molecule has 150 valence electrons. The summed E-state index contributed by atoms with van der Waals surface area (Å²) >= 11 is 0. The number of quaternary nitrogens is 1. The van der Waals surface area contributed by atoms with Crippen molar-refractivity contribution in [2.24, 2.45) is 0 Å². The summed E-state index contributed by atoms with van der Waals surface area (Å²) in [7, 11) is 0. The number of pyridine rings is 1. The predicted octanol–water partition coefficient (Wildman–Crippen LogP) is 1.08. The van der Waals surface area contributed by atoms with Crippen LogP contribution < -0.4 is 20.1 Å². The third kappa shape index (κ3) is 3.87. The highest BCUT2D eigenvalue weighted by Crippen LogP contribution is 2.28. The Kier molecular flexibility index (Phi) is 6.13. The van der Waals surface area contributed by atoms with E-state index in [1.165, 1.54) is 43.2 Å².